The van der Waals surface area contributed by atoms with Crippen molar-refractivity contribution in [1.29, 1.82) is 10.5 Å². The van der Waals surface area contributed by atoms with Crippen LogP contribution in [-0.4, -0.2) is 34.7 Å². The molecule has 354 valence electrons. The van der Waals surface area contributed by atoms with Crippen LogP contribution in [0, 0.1) is 34.5 Å². The van der Waals surface area contributed by atoms with Gasteiger partial charge in [-0.25, -0.2) is 0 Å². The molecule has 6 aromatic rings. The minimum atomic E-state index is -0.0392. The summed E-state index contributed by atoms with van der Waals surface area (Å²) in [6, 6.07) is 29.6. The standard InChI is InChI=1S/C56H62N4O2S6/c1-5-9-13-15-19-37(17-11-7-3)35-59-53(49-31-29-47(67-49)45-27-25-43(65-45)41-23-21-39(33-57)63-41)51-52(55(59)61)54(60(56(51)62)36-38(18-12-8-4)20-16-14-10-6-2)50-32-30-48(68-50)46-28-26-44(66-46)42-24-22-40(34-58)64-42/h21-32,37-38H,5-20,35-36H2,1-4H3. The second-order valence-electron chi connectivity index (χ2n) is 18.2. The fourth-order valence-electron chi connectivity index (χ4n) is 9.59. The van der Waals surface area contributed by atoms with Crippen LogP contribution in [0.1, 0.15) is 150 Å². The van der Waals surface area contributed by atoms with Crippen molar-refractivity contribution >= 4 is 91.2 Å². The van der Waals surface area contributed by atoms with Gasteiger partial charge in [0, 0.05) is 52.1 Å². The minimum Gasteiger partial charge on any atom is -0.306 e. The molecule has 68 heavy (non-hydrogen) atoms. The van der Waals surface area contributed by atoms with Gasteiger partial charge in [0.25, 0.3) is 11.8 Å². The smallest absolute Gasteiger partial charge is 0.261 e. The van der Waals surface area contributed by atoms with Gasteiger partial charge in [0.05, 0.1) is 32.3 Å². The Labute approximate surface area is 427 Å². The number of nitriles is 2. The molecule has 0 bridgehead atoms. The van der Waals surface area contributed by atoms with Crippen LogP contribution in [0.2, 0.25) is 0 Å². The van der Waals surface area contributed by atoms with Gasteiger partial charge in [-0.15, -0.1) is 68.0 Å². The molecule has 2 unspecified atom stereocenters. The van der Waals surface area contributed by atoms with Crippen LogP contribution in [0.3, 0.4) is 0 Å². The number of carbonyl (C=O) groups excluding carboxylic acids is 2. The van der Waals surface area contributed by atoms with Crippen molar-refractivity contribution in [2.24, 2.45) is 11.8 Å². The Bertz CT molecular complexity index is 2640. The van der Waals surface area contributed by atoms with Crippen molar-refractivity contribution in [3.63, 3.8) is 0 Å². The molecule has 2 aliphatic rings. The number of hydrogen-bond donors (Lipinski definition) is 0. The van der Waals surface area contributed by atoms with Crippen molar-refractivity contribution < 1.29 is 9.59 Å². The predicted octanol–water partition coefficient (Wildman–Crippen LogP) is 17.8. The van der Waals surface area contributed by atoms with Crippen LogP contribution in [0.5, 0.6) is 0 Å². The van der Waals surface area contributed by atoms with Crippen LogP contribution in [-0.2, 0) is 9.59 Å². The van der Waals surface area contributed by atoms with Crippen LogP contribution in [0.4, 0.5) is 0 Å². The third kappa shape index (κ3) is 11.3. The van der Waals surface area contributed by atoms with Crippen molar-refractivity contribution in [3.05, 3.63) is 103 Å². The van der Waals surface area contributed by atoms with Crippen molar-refractivity contribution in [1.82, 2.24) is 9.80 Å². The quantitative estimate of drug-likeness (QED) is 0.0506. The molecule has 0 saturated carbocycles. The third-order valence-corrected chi connectivity index (χ3v) is 20.3. The van der Waals surface area contributed by atoms with Gasteiger partial charge >= 0.3 is 0 Å². The molecular weight excluding hydrogens is 953 g/mol. The zero-order valence-electron chi connectivity index (χ0n) is 39.9. The number of hydrogen-bond acceptors (Lipinski definition) is 10. The van der Waals surface area contributed by atoms with Gasteiger partial charge in [-0.1, -0.05) is 105 Å². The van der Waals surface area contributed by atoms with Crippen molar-refractivity contribution in [3.8, 4) is 51.2 Å². The summed E-state index contributed by atoms with van der Waals surface area (Å²) in [5.41, 5.74) is 2.73. The maximum Gasteiger partial charge on any atom is 0.261 e. The highest BCUT2D eigenvalue weighted by Gasteiger charge is 2.50. The van der Waals surface area contributed by atoms with Crippen LogP contribution in [0.15, 0.2) is 83.9 Å². The molecule has 0 aliphatic carbocycles. The molecule has 6 nitrogen and oxygen atoms in total. The average Bonchev–Trinajstić information content (AvgIpc) is 4.20. The second-order valence-corrected chi connectivity index (χ2v) is 24.7. The van der Waals surface area contributed by atoms with E-state index in [0.717, 1.165) is 124 Å². The van der Waals surface area contributed by atoms with E-state index in [2.05, 4.69) is 88.4 Å². The zero-order valence-corrected chi connectivity index (χ0v) is 44.8. The van der Waals surface area contributed by atoms with Crippen molar-refractivity contribution in [2.75, 3.05) is 13.1 Å². The molecule has 2 amide bonds. The molecule has 0 spiro atoms. The molecule has 0 saturated heterocycles. The highest BCUT2D eigenvalue weighted by molar-refractivity contribution is 7.27. The minimum absolute atomic E-state index is 0.0392. The van der Waals surface area contributed by atoms with E-state index in [1.54, 1.807) is 45.3 Å². The number of amides is 2. The number of fused-ring (bicyclic) bond motifs is 1. The molecule has 8 rings (SSSR count). The molecule has 2 atom stereocenters. The maximum atomic E-state index is 15.7. The Morgan fingerprint density at radius 2 is 0.691 bits per heavy atom. The summed E-state index contributed by atoms with van der Waals surface area (Å²) in [6.07, 6.45) is 18.2. The normalized spacial score (nSPS) is 14.7. The Morgan fingerprint density at radius 1 is 0.397 bits per heavy atom. The van der Waals surface area contributed by atoms with Crippen molar-refractivity contribution in [2.45, 2.75) is 130 Å². The van der Waals surface area contributed by atoms with E-state index in [-0.39, 0.29) is 11.8 Å². The van der Waals surface area contributed by atoms with Gasteiger partial charge in [0.15, 0.2) is 0 Å². The third-order valence-electron chi connectivity index (χ3n) is 13.2. The number of nitrogens with zero attached hydrogens (tertiary/aromatic N) is 4. The van der Waals surface area contributed by atoms with Gasteiger partial charge in [0.2, 0.25) is 0 Å². The van der Waals surface area contributed by atoms with Gasteiger partial charge in [-0.3, -0.25) is 9.59 Å². The number of thiophene rings is 6. The Kier molecular flexibility index (Phi) is 17.6. The lowest BCUT2D eigenvalue weighted by molar-refractivity contribution is -0.124. The largest absolute Gasteiger partial charge is 0.306 e. The fraction of sp³-hybridized carbons (Fsp3) is 0.429. The van der Waals surface area contributed by atoms with Gasteiger partial charge in [-0.2, -0.15) is 10.5 Å². The maximum absolute atomic E-state index is 15.7. The first-order chi connectivity index (χ1) is 33.3. The van der Waals surface area contributed by atoms with Crippen LogP contribution in [0.25, 0.3) is 50.4 Å². The summed E-state index contributed by atoms with van der Waals surface area (Å²) in [5, 5.41) is 19.0. The molecule has 6 aromatic heterocycles. The van der Waals surface area contributed by atoms with Crippen LogP contribution < -0.4 is 0 Å². The Morgan fingerprint density at radius 3 is 1.01 bits per heavy atom. The first kappa shape index (κ1) is 50.0. The lowest BCUT2D eigenvalue weighted by Gasteiger charge is -2.29. The first-order valence-electron chi connectivity index (χ1n) is 24.8. The van der Waals surface area contributed by atoms with Gasteiger partial charge in [0.1, 0.15) is 21.9 Å². The molecule has 12 heteroatoms. The summed E-state index contributed by atoms with van der Waals surface area (Å²) >= 11 is 9.80. The second kappa shape index (κ2) is 23.9. The molecular formula is C56H62N4O2S6. The SMILES string of the molecule is CCCCCCC(CCCC)CN1C(=O)C2=C(c3ccc(-c4ccc(-c5ccc(C#N)s5)s4)s3)N(CC(CCCC)CCCCCC)C(=O)C2=C1c1ccc(-c2ccc(-c3ccc(C#N)s3)s2)s1. The summed E-state index contributed by atoms with van der Waals surface area (Å²) in [5.74, 6) is 0.587. The summed E-state index contributed by atoms with van der Waals surface area (Å²) in [4.78, 5) is 47.6. The fourth-order valence-corrected chi connectivity index (χ4v) is 15.7. The van der Waals surface area contributed by atoms with Gasteiger partial charge < -0.3 is 9.80 Å². The lowest BCUT2D eigenvalue weighted by Crippen LogP contribution is -2.34. The van der Waals surface area contributed by atoms with E-state index >= 15 is 9.59 Å². The summed E-state index contributed by atoms with van der Waals surface area (Å²) in [6.45, 7) is 10.2. The number of unbranched alkanes of at least 4 members (excludes halogenated alkanes) is 8. The number of carbonyl (C=O) groups is 2. The molecule has 8 heterocycles. The van der Waals surface area contributed by atoms with E-state index in [1.807, 2.05) is 34.1 Å². The van der Waals surface area contributed by atoms with E-state index in [9.17, 15) is 10.5 Å². The summed E-state index contributed by atoms with van der Waals surface area (Å²) in [7, 11) is 0. The lowest BCUT2D eigenvalue weighted by atomic mass is 9.94. The molecule has 0 aromatic carbocycles. The van der Waals surface area contributed by atoms with E-state index in [1.165, 1.54) is 61.2 Å². The monoisotopic (exact) mass is 1010 g/mol. The topological polar surface area (TPSA) is 88.2 Å². The van der Waals surface area contributed by atoms with Gasteiger partial charge in [-0.05, 0) is 110 Å². The molecule has 0 fully saturated rings. The highest BCUT2D eigenvalue weighted by Crippen LogP contribution is 2.52. The zero-order chi connectivity index (χ0) is 47.6. The Balaban J connectivity index is 1.23. The molecule has 0 radical (unpaired) electrons. The average molecular weight is 1020 g/mol. The van der Waals surface area contributed by atoms with E-state index < -0.39 is 0 Å². The van der Waals surface area contributed by atoms with E-state index in [0.29, 0.717) is 45.8 Å². The first-order valence-corrected chi connectivity index (χ1v) is 29.7. The van der Waals surface area contributed by atoms with Crippen LogP contribution >= 0.6 is 68.0 Å². The highest BCUT2D eigenvalue weighted by atomic mass is 32.1. The van der Waals surface area contributed by atoms with E-state index in [4.69, 9.17) is 0 Å². The molecule has 0 N–H and O–H groups in total. The number of rotatable bonds is 26. The predicted molar refractivity (Wildman–Crippen MR) is 292 cm³/mol. The summed E-state index contributed by atoms with van der Waals surface area (Å²) < 4.78 is 0. The molecule has 2 aliphatic heterocycles. The Hall–Kier alpha value is -4.40.